The number of nitrogens with two attached hydrogens (primary N) is 2. The predicted molar refractivity (Wildman–Crippen MR) is 57.2 cm³/mol. The Morgan fingerprint density at radius 1 is 1.27 bits per heavy atom. The van der Waals surface area contributed by atoms with Crippen molar-refractivity contribution in [2.45, 2.75) is 6.04 Å². The molecule has 1 rings (SSSR count). The first-order valence-corrected chi connectivity index (χ1v) is 4.54. The summed E-state index contributed by atoms with van der Waals surface area (Å²) in [6.07, 6.45) is 0. The van der Waals surface area contributed by atoms with Gasteiger partial charge >= 0.3 is 0 Å². The molecule has 1 atom stereocenters. The summed E-state index contributed by atoms with van der Waals surface area (Å²) in [4.78, 5) is 0. The Morgan fingerprint density at radius 3 is 2.07 bits per heavy atom. The van der Waals surface area contributed by atoms with Gasteiger partial charge in [-0.05, 0) is 17.7 Å². The largest absolute Gasteiger partial charge is 0.502 e. The normalized spacial score (nSPS) is 12.3. The molecule has 0 aliphatic carbocycles. The van der Waals surface area contributed by atoms with E-state index in [0.717, 1.165) is 5.56 Å². The van der Waals surface area contributed by atoms with Gasteiger partial charge in [0.1, 0.15) is 0 Å². The highest BCUT2D eigenvalue weighted by Crippen LogP contribution is 2.38. The molecule has 0 bridgehead atoms. The minimum absolute atomic E-state index is 0.0343. The SMILES string of the molecule is COc1cc([C@H](N)CN)cc(OC)c1O. The second-order valence-corrected chi connectivity index (χ2v) is 3.12. The van der Waals surface area contributed by atoms with Crippen molar-refractivity contribution in [3.05, 3.63) is 17.7 Å². The van der Waals surface area contributed by atoms with Crippen LogP contribution in [0.4, 0.5) is 0 Å². The van der Waals surface area contributed by atoms with Crippen molar-refractivity contribution in [1.82, 2.24) is 0 Å². The molecule has 1 aromatic carbocycles. The molecule has 0 aliphatic heterocycles. The number of phenols is 1. The fraction of sp³-hybridized carbons (Fsp3) is 0.400. The van der Waals surface area contributed by atoms with Crippen molar-refractivity contribution in [3.8, 4) is 17.2 Å². The van der Waals surface area contributed by atoms with E-state index < -0.39 is 0 Å². The lowest BCUT2D eigenvalue weighted by molar-refractivity contribution is 0.338. The molecule has 5 nitrogen and oxygen atoms in total. The van der Waals surface area contributed by atoms with Crippen molar-refractivity contribution in [3.63, 3.8) is 0 Å². The zero-order valence-electron chi connectivity index (χ0n) is 8.86. The Labute approximate surface area is 88.6 Å². The minimum atomic E-state index is -0.298. The van der Waals surface area contributed by atoms with E-state index in [1.807, 2.05) is 0 Å². The fourth-order valence-electron chi connectivity index (χ4n) is 1.26. The number of benzene rings is 1. The number of rotatable bonds is 4. The van der Waals surface area contributed by atoms with Crippen LogP contribution < -0.4 is 20.9 Å². The van der Waals surface area contributed by atoms with Crippen LogP contribution in [-0.2, 0) is 0 Å². The summed E-state index contributed by atoms with van der Waals surface area (Å²) in [5.41, 5.74) is 12.0. The molecule has 0 amide bonds. The highest BCUT2D eigenvalue weighted by molar-refractivity contribution is 5.53. The molecule has 0 aromatic heterocycles. The van der Waals surface area contributed by atoms with Crippen molar-refractivity contribution in [2.75, 3.05) is 20.8 Å². The lowest BCUT2D eigenvalue weighted by Crippen LogP contribution is -2.20. The topological polar surface area (TPSA) is 90.7 Å². The first kappa shape index (κ1) is 11.6. The summed E-state index contributed by atoms with van der Waals surface area (Å²) < 4.78 is 9.99. The van der Waals surface area contributed by atoms with Crippen molar-refractivity contribution in [2.24, 2.45) is 11.5 Å². The molecule has 0 heterocycles. The second kappa shape index (κ2) is 4.86. The van der Waals surface area contributed by atoms with Crippen LogP contribution in [-0.4, -0.2) is 25.9 Å². The molecule has 5 N–H and O–H groups in total. The lowest BCUT2D eigenvalue weighted by Gasteiger charge is -2.14. The van der Waals surface area contributed by atoms with Crippen LogP contribution in [0.25, 0.3) is 0 Å². The molecule has 0 spiro atoms. The van der Waals surface area contributed by atoms with Gasteiger partial charge in [-0.3, -0.25) is 0 Å². The van der Waals surface area contributed by atoms with Gasteiger partial charge < -0.3 is 26.0 Å². The van der Waals surface area contributed by atoms with E-state index >= 15 is 0 Å². The Bertz CT molecular complexity index is 316. The van der Waals surface area contributed by atoms with Crippen LogP contribution in [0.1, 0.15) is 11.6 Å². The Hall–Kier alpha value is -1.46. The quantitative estimate of drug-likeness (QED) is 0.670. The molecule has 15 heavy (non-hydrogen) atoms. The smallest absolute Gasteiger partial charge is 0.200 e. The third kappa shape index (κ3) is 2.31. The number of aromatic hydroxyl groups is 1. The standard InChI is InChI=1S/C10H16N2O3/c1-14-8-3-6(7(12)5-11)4-9(15-2)10(8)13/h3-4,7,13H,5,11-12H2,1-2H3/t7-/m1/s1. The van der Waals surface area contributed by atoms with E-state index in [9.17, 15) is 5.11 Å². The zero-order chi connectivity index (χ0) is 11.4. The molecule has 0 unspecified atom stereocenters. The lowest BCUT2D eigenvalue weighted by atomic mass is 10.1. The number of hydrogen-bond donors (Lipinski definition) is 3. The summed E-state index contributed by atoms with van der Waals surface area (Å²) in [7, 11) is 2.93. The first-order valence-electron chi connectivity index (χ1n) is 4.54. The number of hydrogen-bond acceptors (Lipinski definition) is 5. The van der Waals surface area contributed by atoms with E-state index in [0.29, 0.717) is 18.0 Å². The maximum absolute atomic E-state index is 9.65. The molecular formula is C10H16N2O3. The summed E-state index contributed by atoms with van der Waals surface area (Å²) in [5.74, 6) is 0.620. The van der Waals surface area contributed by atoms with Crippen LogP contribution >= 0.6 is 0 Å². The van der Waals surface area contributed by atoms with E-state index in [1.54, 1.807) is 12.1 Å². The Morgan fingerprint density at radius 2 is 1.73 bits per heavy atom. The monoisotopic (exact) mass is 212 g/mol. The molecule has 0 fully saturated rings. The molecule has 5 heteroatoms. The van der Waals surface area contributed by atoms with Gasteiger partial charge in [0.15, 0.2) is 11.5 Å². The Kier molecular flexibility index (Phi) is 3.76. The van der Waals surface area contributed by atoms with E-state index in [1.165, 1.54) is 14.2 Å². The third-order valence-electron chi connectivity index (χ3n) is 2.18. The van der Waals surface area contributed by atoms with E-state index in [2.05, 4.69) is 0 Å². The maximum atomic E-state index is 9.65. The van der Waals surface area contributed by atoms with Crippen molar-refractivity contribution < 1.29 is 14.6 Å². The van der Waals surface area contributed by atoms with Crippen molar-refractivity contribution >= 4 is 0 Å². The maximum Gasteiger partial charge on any atom is 0.200 e. The zero-order valence-corrected chi connectivity index (χ0v) is 8.86. The van der Waals surface area contributed by atoms with Gasteiger partial charge in [0.2, 0.25) is 5.75 Å². The molecule has 0 aliphatic rings. The molecule has 84 valence electrons. The van der Waals surface area contributed by atoms with Gasteiger partial charge in [-0.1, -0.05) is 0 Å². The number of ether oxygens (including phenoxy) is 2. The van der Waals surface area contributed by atoms with Gasteiger partial charge in [0.05, 0.1) is 14.2 Å². The molecule has 0 saturated heterocycles. The van der Waals surface area contributed by atoms with Crippen LogP contribution in [0.15, 0.2) is 12.1 Å². The molecule has 0 radical (unpaired) electrons. The van der Waals surface area contributed by atoms with E-state index in [-0.39, 0.29) is 11.8 Å². The molecular weight excluding hydrogens is 196 g/mol. The van der Waals surface area contributed by atoms with Crippen molar-refractivity contribution in [1.29, 1.82) is 0 Å². The van der Waals surface area contributed by atoms with Gasteiger partial charge in [0, 0.05) is 12.6 Å². The van der Waals surface area contributed by atoms with Gasteiger partial charge in [-0.15, -0.1) is 0 Å². The Balaban J connectivity index is 3.20. The highest BCUT2D eigenvalue weighted by Gasteiger charge is 2.14. The van der Waals surface area contributed by atoms with E-state index in [4.69, 9.17) is 20.9 Å². The predicted octanol–water partition coefficient (Wildman–Crippen LogP) is 0.368. The van der Waals surface area contributed by atoms with Crippen LogP contribution in [0.3, 0.4) is 0 Å². The van der Waals surface area contributed by atoms with Gasteiger partial charge in [-0.2, -0.15) is 0 Å². The van der Waals surface area contributed by atoms with Crippen LogP contribution in [0.5, 0.6) is 17.2 Å². The number of phenolic OH excluding ortho intramolecular Hbond substituents is 1. The summed E-state index contributed by atoms with van der Waals surface area (Å²) in [5, 5.41) is 9.65. The highest BCUT2D eigenvalue weighted by atomic mass is 16.5. The summed E-state index contributed by atoms with van der Waals surface area (Å²) >= 11 is 0. The summed E-state index contributed by atoms with van der Waals surface area (Å²) in [6.45, 7) is 0.317. The number of methoxy groups -OCH3 is 2. The van der Waals surface area contributed by atoms with Gasteiger partial charge in [-0.25, -0.2) is 0 Å². The van der Waals surface area contributed by atoms with Crippen LogP contribution in [0, 0.1) is 0 Å². The fourth-order valence-corrected chi connectivity index (χ4v) is 1.26. The minimum Gasteiger partial charge on any atom is -0.502 e. The first-order chi connectivity index (χ1) is 7.13. The third-order valence-corrected chi connectivity index (χ3v) is 2.18. The molecule has 0 saturated carbocycles. The molecule has 1 aromatic rings. The van der Waals surface area contributed by atoms with Crippen LogP contribution in [0.2, 0.25) is 0 Å². The summed E-state index contributed by atoms with van der Waals surface area (Å²) in [6, 6.07) is 3.00. The average molecular weight is 212 g/mol. The average Bonchev–Trinajstić information content (AvgIpc) is 2.28. The second-order valence-electron chi connectivity index (χ2n) is 3.12. The van der Waals surface area contributed by atoms with Gasteiger partial charge in [0.25, 0.3) is 0 Å².